The number of thioether (sulfide) groups is 1. The third-order valence-corrected chi connectivity index (χ3v) is 6.06. The molecule has 1 saturated carbocycles. The first-order valence-electron chi connectivity index (χ1n) is 8.47. The van der Waals surface area contributed by atoms with Crippen LogP contribution in [-0.2, 0) is 4.79 Å². The fourth-order valence-corrected chi connectivity index (χ4v) is 4.29. The standard InChI is InChI=1S/C18H16N6OS2/c1-11(16(25)21-17-12(9-19)6-8-26-17)27-18-23-22-15(24(18)14-4-5-14)13-3-2-7-20-10-13/h2-3,6-8,10-11,14H,4-5H2,1H3,(H,21,25)/t11-/m1/s1. The third-order valence-electron chi connectivity index (χ3n) is 4.17. The highest BCUT2D eigenvalue weighted by molar-refractivity contribution is 8.00. The molecule has 3 heterocycles. The predicted octanol–water partition coefficient (Wildman–Crippen LogP) is 3.73. The number of aromatic nitrogens is 4. The lowest BCUT2D eigenvalue weighted by molar-refractivity contribution is -0.115. The number of nitrogens with one attached hydrogen (secondary N) is 1. The smallest absolute Gasteiger partial charge is 0.238 e. The minimum absolute atomic E-state index is 0.160. The maximum Gasteiger partial charge on any atom is 0.238 e. The van der Waals surface area contributed by atoms with Gasteiger partial charge in [-0.2, -0.15) is 5.26 Å². The van der Waals surface area contributed by atoms with Crippen LogP contribution in [0.25, 0.3) is 11.4 Å². The molecular weight excluding hydrogens is 380 g/mol. The Morgan fingerprint density at radius 1 is 1.44 bits per heavy atom. The van der Waals surface area contributed by atoms with Crippen molar-refractivity contribution in [2.75, 3.05) is 5.32 Å². The Kier molecular flexibility index (Phi) is 4.92. The lowest BCUT2D eigenvalue weighted by atomic mass is 10.3. The van der Waals surface area contributed by atoms with Crippen molar-refractivity contribution in [3.8, 4) is 17.5 Å². The zero-order valence-electron chi connectivity index (χ0n) is 14.5. The highest BCUT2D eigenvalue weighted by atomic mass is 32.2. The van der Waals surface area contributed by atoms with Crippen LogP contribution in [0.5, 0.6) is 0 Å². The SMILES string of the molecule is C[C@@H](Sc1nnc(-c2cccnc2)n1C1CC1)C(=O)Nc1sccc1C#N. The molecule has 1 N–H and O–H groups in total. The maximum atomic E-state index is 12.6. The molecule has 0 aliphatic heterocycles. The lowest BCUT2D eigenvalue weighted by Gasteiger charge is -2.13. The summed E-state index contributed by atoms with van der Waals surface area (Å²) in [6.07, 6.45) is 5.66. The Morgan fingerprint density at radius 3 is 3.00 bits per heavy atom. The molecule has 27 heavy (non-hydrogen) atoms. The number of hydrogen-bond acceptors (Lipinski definition) is 7. The number of nitriles is 1. The van der Waals surface area contributed by atoms with Crippen molar-refractivity contribution >= 4 is 34.0 Å². The minimum atomic E-state index is -0.373. The minimum Gasteiger partial charge on any atom is -0.316 e. The van der Waals surface area contributed by atoms with E-state index in [1.54, 1.807) is 23.8 Å². The molecule has 0 bridgehead atoms. The molecule has 9 heteroatoms. The molecule has 0 saturated heterocycles. The van der Waals surface area contributed by atoms with Crippen molar-refractivity contribution in [3.63, 3.8) is 0 Å². The molecule has 0 aromatic carbocycles. The van der Waals surface area contributed by atoms with Crippen molar-refractivity contribution < 1.29 is 4.79 Å². The number of rotatable bonds is 6. The van der Waals surface area contributed by atoms with E-state index in [0.717, 1.165) is 29.4 Å². The van der Waals surface area contributed by atoms with E-state index in [1.807, 2.05) is 19.1 Å². The first-order chi connectivity index (χ1) is 13.2. The molecule has 1 aliphatic carbocycles. The molecule has 1 atom stereocenters. The van der Waals surface area contributed by atoms with Gasteiger partial charge in [-0.05, 0) is 43.3 Å². The van der Waals surface area contributed by atoms with Crippen LogP contribution in [0.2, 0.25) is 0 Å². The Balaban J connectivity index is 1.53. The average Bonchev–Trinajstić information content (AvgIpc) is 3.28. The Bertz CT molecular complexity index is 1000. The van der Waals surface area contributed by atoms with Gasteiger partial charge in [0.1, 0.15) is 11.1 Å². The van der Waals surface area contributed by atoms with Crippen molar-refractivity contribution in [2.24, 2.45) is 0 Å². The van der Waals surface area contributed by atoms with Crippen LogP contribution in [-0.4, -0.2) is 30.9 Å². The highest BCUT2D eigenvalue weighted by Crippen LogP contribution is 2.41. The number of carbonyl (C=O) groups is 1. The summed E-state index contributed by atoms with van der Waals surface area (Å²) in [5, 5.41) is 23.3. The molecule has 3 aromatic rings. The van der Waals surface area contributed by atoms with Crippen LogP contribution in [0, 0.1) is 11.3 Å². The van der Waals surface area contributed by atoms with Crippen LogP contribution in [0.4, 0.5) is 5.00 Å². The van der Waals surface area contributed by atoms with Gasteiger partial charge in [0, 0.05) is 24.0 Å². The van der Waals surface area contributed by atoms with E-state index in [0.29, 0.717) is 16.6 Å². The topological polar surface area (TPSA) is 96.5 Å². The number of carbonyl (C=O) groups excluding carboxylic acids is 1. The highest BCUT2D eigenvalue weighted by Gasteiger charge is 2.31. The second-order valence-electron chi connectivity index (χ2n) is 6.17. The number of hydrogen-bond donors (Lipinski definition) is 1. The molecule has 1 fully saturated rings. The van der Waals surface area contributed by atoms with Gasteiger partial charge in [0.15, 0.2) is 11.0 Å². The molecule has 1 amide bonds. The van der Waals surface area contributed by atoms with E-state index in [4.69, 9.17) is 5.26 Å². The van der Waals surface area contributed by atoms with E-state index in [2.05, 4.69) is 31.1 Å². The third kappa shape index (κ3) is 3.72. The van der Waals surface area contributed by atoms with Crippen LogP contribution in [0.1, 0.15) is 31.4 Å². The summed E-state index contributed by atoms with van der Waals surface area (Å²) in [6, 6.07) is 7.98. The van der Waals surface area contributed by atoms with E-state index in [-0.39, 0.29) is 11.2 Å². The van der Waals surface area contributed by atoms with E-state index in [1.165, 1.54) is 23.1 Å². The summed E-state index contributed by atoms with van der Waals surface area (Å²) in [4.78, 5) is 16.7. The summed E-state index contributed by atoms with van der Waals surface area (Å²) in [6.45, 7) is 1.83. The molecule has 0 radical (unpaired) electrons. The second-order valence-corrected chi connectivity index (χ2v) is 8.40. The summed E-state index contributed by atoms with van der Waals surface area (Å²) >= 11 is 2.72. The first kappa shape index (κ1) is 17.7. The Morgan fingerprint density at radius 2 is 2.30 bits per heavy atom. The summed E-state index contributed by atoms with van der Waals surface area (Å²) in [5.41, 5.74) is 1.39. The number of amides is 1. The van der Waals surface area contributed by atoms with Gasteiger partial charge in [-0.3, -0.25) is 14.3 Å². The van der Waals surface area contributed by atoms with Gasteiger partial charge in [0.2, 0.25) is 5.91 Å². The largest absolute Gasteiger partial charge is 0.316 e. The van der Waals surface area contributed by atoms with Crippen molar-refractivity contribution in [2.45, 2.75) is 36.2 Å². The first-order valence-corrected chi connectivity index (χ1v) is 10.2. The van der Waals surface area contributed by atoms with Gasteiger partial charge in [-0.25, -0.2) is 0 Å². The summed E-state index contributed by atoms with van der Waals surface area (Å²) in [7, 11) is 0. The van der Waals surface area contributed by atoms with Crippen LogP contribution in [0.3, 0.4) is 0 Å². The molecule has 1 aliphatic rings. The van der Waals surface area contributed by atoms with Gasteiger partial charge >= 0.3 is 0 Å². The quantitative estimate of drug-likeness (QED) is 0.638. The Labute approximate surface area is 164 Å². The molecule has 7 nitrogen and oxygen atoms in total. The van der Waals surface area contributed by atoms with Gasteiger partial charge in [-0.1, -0.05) is 11.8 Å². The molecule has 136 valence electrons. The van der Waals surface area contributed by atoms with Gasteiger partial charge in [0.05, 0.1) is 10.8 Å². The van der Waals surface area contributed by atoms with Crippen LogP contribution >= 0.6 is 23.1 Å². The molecule has 3 aromatic heterocycles. The lowest BCUT2D eigenvalue weighted by Crippen LogP contribution is -2.22. The predicted molar refractivity (Wildman–Crippen MR) is 105 cm³/mol. The average molecular weight is 397 g/mol. The monoisotopic (exact) mass is 396 g/mol. The van der Waals surface area contributed by atoms with Crippen molar-refractivity contribution in [1.29, 1.82) is 5.26 Å². The van der Waals surface area contributed by atoms with Gasteiger partial charge < -0.3 is 5.32 Å². The zero-order valence-corrected chi connectivity index (χ0v) is 16.1. The van der Waals surface area contributed by atoms with Crippen molar-refractivity contribution in [3.05, 3.63) is 41.5 Å². The van der Waals surface area contributed by atoms with Crippen LogP contribution < -0.4 is 5.32 Å². The van der Waals surface area contributed by atoms with Crippen molar-refractivity contribution in [1.82, 2.24) is 19.7 Å². The summed E-state index contributed by atoms with van der Waals surface area (Å²) in [5.74, 6) is 0.623. The molecule has 0 unspecified atom stereocenters. The zero-order chi connectivity index (χ0) is 18.8. The fourth-order valence-electron chi connectivity index (χ4n) is 2.63. The Hall–Kier alpha value is -2.70. The van der Waals surface area contributed by atoms with E-state index < -0.39 is 0 Å². The number of anilines is 1. The summed E-state index contributed by atoms with van der Waals surface area (Å²) < 4.78 is 2.11. The number of thiophene rings is 1. The number of nitrogens with zero attached hydrogens (tertiary/aromatic N) is 5. The number of pyridine rings is 1. The second kappa shape index (κ2) is 7.50. The molecule has 0 spiro atoms. The maximum absolute atomic E-state index is 12.6. The fraction of sp³-hybridized carbons (Fsp3) is 0.278. The van der Waals surface area contributed by atoms with Gasteiger partial charge in [-0.15, -0.1) is 21.5 Å². The van der Waals surface area contributed by atoms with Crippen LogP contribution in [0.15, 0.2) is 41.1 Å². The van der Waals surface area contributed by atoms with E-state index >= 15 is 0 Å². The normalized spacial score (nSPS) is 14.5. The van der Waals surface area contributed by atoms with Gasteiger partial charge in [0.25, 0.3) is 0 Å². The molecule has 4 rings (SSSR count). The molecular formula is C18H16N6OS2. The van der Waals surface area contributed by atoms with E-state index in [9.17, 15) is 4.79 Å².